The molecule has 1 aliphatic heterocycles. The Labute approximate surface area is 181 Å². The number of benzene rings is 2. The average Bonchev–Trinajstić information content (AvgIpc) is 2.73. The molecule has 0 radical (unpaired) electrons. The molecule has 0 saturated heterocycles. The molecule has 1 aliphatic rings. The van der Waals surface area contributed by atoms with Gasteiger partial charge in [-0.05, 0) is 55.9 Å². The molecule has 7 nitrogen and oxygen atoms in total. The highest BCUT2D eigenvalue weighted by atomic mass is 16.7. The second-order valence-electron chi connectivity index (χ2n) is 7.79. The van der Waals surface area contributed by atoms with Gasteiger partial charge in [-0.25, -0.2) is 9.59 Å². The minimum Gasteiger partial charge on any atom is -0.508 e. The molecule has 2 unspecified atom stereocenters. The van der Waals surface area contributed by atoms with Crippen molar-refractivity contribution in [1.29, 1.82) is 0 Å². The maximum atomic E-state index is 12.9. The second-order valence-corrected chi connectivity index (χ2v) is 7.79. The van der Waals surface area contributed by atoms with Crippen molar-refractivity contribution < 1.29 is 34.4 Å². The van der Waals surface area contributed by atoms with Crippen molar-refractivity contribution in [2.75, 3.05) is 0 Å². The summed E-state index contributed by atoms with van der Waals surface area (Å²) in [6.07, 6.45) is 3.10. The number of phenolic OH excluding ortho intramolecular Hbond substituents is 2. The molecule has 2 aromatic carbocycles. The fourth-order valence-electron chi connectivity index (χ4n) is 3.72. The minimum absolute atomic E-state index is 0.0318. The van der Waals surface area contributed by atoms with E-state index < -0.39 is 24.3 Å². The lowest BCUT2D eigenvalue weighted by Crippen LogP contribution is -2.26. The molecule has 3 rings (SSSR count). The lowest BCUT2D eigenvalue weighted by molar-refractivity contribution is -0.0846. The van der Waals surface area contributed by atoms with Gasteiger partial charge in [0.25, 0.3) is 0 Å². The van der Waals surface area contributed by atoms with Crippen LogP contribution in [0.4, 0.5) is 0 Å². The summed E-state index contributed by atoms with van der Waals surface area (Å²) < 4.78 is 10.9. The Morgan fingerprint density at radius 2 is 1.71 bits per heavy atom. The maximum absolute atomic E-state index is 12.9. The molecule has 0 aliphatic carbocycles. The summed E-state index contributed by atoms with van der Waals surface area (Å²) in [6, 6.07) is 10.9. The number of aromatic hydroxyl groups is 2. The monoisotopic (exact) mass is 428 g/mol. The molecule has 0 fully saturated rings. The zero-order valence-electron chi connectivity index (χ0n) is 17.3. The van der Waals surface area contributed by atoms with Gasteiger partial charge in [0.15, 0.2) is 0 Å². The predicted molar refractivity (Wildman–Crippen MR) is 113 cm³/mol. The van der Waals surface area contributed by atoms with Crippen molar-refractivity contribution in [2.45, 2.75) is 63.8 Å². The van der Waals surface area contributed by atoms with E-state index in [2.05, 4.69) is 0 Å². The molecule has 0 spiro atoms. The SMILES string of the molecule is O=C(OC1CCCC(O)CCCCCc2cc(O)cc(O)c2C(=O)O1)c1ccccc1. The third-order valence-electron chi connectivity index (χ3n) is 5.34. The van der Waals surface area contributed by atoms with Gasteiger partial charge in [0.05, 0.1) is 11.7 Å². The lowest BCUT2D eigenvalue weighted by atomic mass is 9.98. The standard InChI is InChI=1S/C24H28O7/c25-18-11-6-2-5-10-17-14-19(26)15-20(27)22(17)24(29)31-21(13-7-12-18)30-23(28)16-8-3-1-4-9-16/h1,3-4,8-9,14-15,18,21,25-27H,2,5-7,10-13H2. The Morgan fingerprint density at radius 1 is 0.968 bits per heavy atom. The molecule has 31 heavy (non-hydrogen) atoms. The summed E-state index contributed by atoms with van der Waals surface area (Å²) in [5, 5.41) is 30.3. The van der Waals surface area contributed by atoms with E-state index in [1.165, 1.54) is 6.07 Å². The molecule has 2 aromatic rings. The molecule has 166 valence electrons. The molecule has 1 heterocycles. The Morgan fingerprint density at radius 3 is 2.48 bits per heavy atom. The molecular formula is C24H28O7. The topological polar surface area (TPSA) is 113 Å². The van der Waals surface area contributed by atoms with Crippen LogP contribution in [-0.2, 0) is 15.9 Å². The van der Waals surface area contributed by atoms with Crippen molar-refractivity contribution in [3.8, 4) is 11.5 Å². The summed E-state index contributed by atoms with van der Waals surface area (Å²) in [6.45, 7) is 0. The molecule has 3 N–H and O–H groups in total. The highest BCUT2D eigenvalue weighted by molar-refractivity contribution is 5.95. The fourth-order valence-corrected chi connectivity index (χ4v) is 3.72. The van der Waals surface area contributed by atoms with Crippen molar-refractivity contribution >= 4 is 11.9 Å². The average molecular weight is 428 g/mol. The van der Waals surface area contributed by atoms with Crippen molar-refractivity contribution in [3.05, 3.63) is 59.2 Å². The van der Waals surface area contributed by atoms with E-state index in [0.717, 1.165) is 25.3 Å². The lowest BCUT2D eigenvalue weighted by Gasteiger charge is -2.21. The summed E-state index contributed by atoms with van der Waals surface area (Å²) >= 11 is 0. The van der Waals surface area contributed by atoms with Crippen LogP contribution in [0.5, 0.6) is 11.5 Å². The number of hydrogen-bond acceptors (Lipinski definition) is 7. The first-order valence-electron chi connectivity index (χ1n) is 10.6. The highest BCUT2D eigenvalue weighted by Gasteiger charge is 2.26. The van der Waals surface area contributed by atoms with Gasteiger partial charge < -0.3 is 24.8 Å². The van der Waals surface area contributed by atoms with Gasteiger partial charge >= 0.3 is 11.9 Å². The Hall–Kier alpha value is -3.06. The number of rotatable bonds is 2. The van der Waals surface area contributed by atoms with Crippen LogP contribution in [0.1, 0.15) is 71.2 Å². The largest absolute Gasteiger partial charge is 0.508 e. The van der Waals surface area contributed by atoms with Crippen LogP contribution in [0.25, 0.3) is 0 Å². The first-order valence-corrected chi connectivity index (χ1v) is 10.6. The summed E-state index contributed by atoms with van der Waals surface area (Å²) in [4.78, 5) is 25.4. The van der Waals surface area contributed by atoms with Gasteiger partial charge in [-0.1, -0.05) is 31.0 Å². The number of aliphatic hydroxyl groups is 1. The number of cyclic esters (lactones) is 1. The number of carbonyl (C=O) groups is 2. The number of phenols is 2. The van der Waals surface area contributed by atoms with Gasteiger partial charge in [0.1, 0.15) is 17.1 Å². The normalized spacial score (nSPS) is 20.7. The molecule has 7 heteroatoms. The predicted octanol–water partition coefficient (Wildman–Crippen LogP) is 4.09. The highest BCUT2D eigenvalue weighted by Crippen LogP contribution is 2.30. The second kappa shape index (κ2) is 10.8. The van der Waals surface area contributed by atoms with Crippen LogP contribution in [0, 0.1) is 0 Å². The first kappa shape index (κ1) is 22.6. The molecule has 0 amide bonds. The van der Waals surface area contributed by atoms with Crippen LogP contribution in [0.3, 0.4) is 0 Å². The fraction of sp³-hybridized carbons (Fsp3) is 0.417. The smallest absolute Gasteiger partial charge is 0.345 e. The number of aryl methyl sites for hydroxylation is 1. The van der Waals surface area contributed by atoms with Crippen LogP contribution in [0.2, 0.25) is 0 Å². The molecule has 0 aromatic heterocycles. The first-order chi connectivity index (χ1) is 14.9. The van der Waals surface area contributed by atoms with Gasteiger partial charge in [0, 0.05) is 12.5 Å². The Kier molecular flexibility index (Phi) is 7.89. The van der Waals surface area contributed by atoms with Crippen molar-refractivity contribution in [1.82, 2.24) is 0 Å². The van der Waals surface area contributed by atoms with Gasteiger partial charge in [-0.2, -0.15) is 0 Å². The molecular weight excluding hydrogens is 400 g/mol. The Balaban J connectivity index is 1.84. The van der Waals surface area contributed by atoms with Gasteiger partial charge in [0.2, 0.25) is 6.29 Å². The summed E-state index contributed by atoms with van der Waals surface area (Å²) in [5.41, 5.74) is 0.759. The van der Waals surface area contributed by atoms with Crippen LogP contribution in [0.15, 0.2) is 42.5 Å². The number of aliphatic hydroxyl groups excluding tert-OH is 1. The van der Waals surface area contributed by atoms with E-state index >= 15 is 0 Å². The van der Waals surface area contributed by atoms with E-state index in [1.54, 1.807) is 30.3 Å². The molecule has 2 atom stereocenters. The summed E-state index contributed by atoms with van der Waals surface area (Å²) in [7, 11) is 0. The van der Waals surface area contributed by atoms with Gasteiger partial charge in [-0.3, -0.25) is 0 Å². The third kappa shape index (κ3) is 6.46. The number of fused-ring (bicyclic) bond motifs is 1. The van der Waals surface area contributed by atoms with E-state index in [9.17, 15) is 24.9 Å². The van der Waals surface area contributed by atoms with E-state index in [1.807, 2.05) is 0 Å². The zero-order chi connectivity index (χ0) is 22.2. The maximum Gasteiger partial charge on any atom is 0.345 e. The van der Waals surface area contributed by atoms with Gasteiger partial charge in [-0.15, -0.1) is 0 Å². The Bertz CT molecular complexity index is 894. The molecule has 0 saturated carbocycles. The number of carbonyl (C=O) groups excluding carboxylic acids is 2. The minimum atomic E-state index is -1.17. The number of ether oxygens (including phenoxy) is 2. The zero-order valence-corrected chi connectivity index (χ0v) is 17.3. The third-order valence-corrected chi connectivity index (χ3v) is 5.34. The van der Waals surface area contributed by atoms with Crippen LogP contribution in [-0.4, -0.2) is 39.7 Å². The number of esters is 2. The quantitative estimate of drug-likeness (QED) is 0.618. The van der Waals surface area contributed by atoms with E-state index in [4.69, 9.17) is 9.47 Å². The van der Waals surface area contributed by atoms with Crippen LogP contribution >= 0.6 is 0 Å². The van der Waals surface area contributed by atoms with Crippen molar-refractivity contribution in [2.24, 2.45) is 0 Å². The van der Waals surface area contributed by atoms with E-state index in [-0.39, 0.29) is 23.5 Å². The molecule has 0 bridgehead atoms. The van der Waals surface area contributed by atoms with E-state index in [0.29, 0.717) is 36.8 Å². The summed E-state index contributed by atoms with van der Waals surface area (Å²) in [5.74, 6) is -1.98. The van der Waals surface area contributed by atoms with Crippen molar-refractivity contribution in [3.63, 3.8) is 0 Å². The van der Waals surface area contributed by atoms with Crippen LogP contribution < -0.4 is 0 Å². The number of hydrogen-bond donors (Lipinski definition) is 3.